The molecule has 0 saturated carbocycles. The number of aromatic nitrogens is 1. The van der Waals surface area contributed by atoms with Crippen molar-refractivity contribution < 1.29 is 9.90 Å². The monoisotopic (exact) mass is 307 g/mol. The Kier molecular flexibility index (Phi) is 5.04. The second-order valence-electron chi connectivity index (χ2n) is 4.30. The highest BCUT2D eigenvalue weighted by Crippen LogP contribution is 2.29. The number of carboxylic acids is 1. The van der Waals surface area contributed by atoms with E-state index in [9.17, 15) is 4.79 Å². The number of halogens is 1. The van der Waals surface area contributed by atoms with E-state index >= 15 is 0 Å². The molecule has 20 heavy (non-hydrogen) atoms. The first-order chi connectivity index (χ1) is 9.58. The smallest absolute Gasteiger partial charge is 0.335 e. The molecule has 3 nitrogen and oxygen atoms in total. The molecule has 0 radical (unpaired) electrons. The predicted octanol–water partition coefficient (Wildman–Crippen LogP) is 4.54. The molecule has 5 heteroatoms. The lowest BCUT2D eigenvalue weighted by Crippen LogP contribution is -2.01. The minimum Gasteiger partial charge on any atom is -0.478 e. The van der Waals surface area contributed by atoms with Gasteiger partial charge in [0.1, 0.15) is 5.03 Å². The fraction of sp³-hybridized carbons (Fsp3) is 0.200. The van der Waals surface area contributed by atoms with Crippen LogP contribution in [0.1, 0.15) is 29.4 Å². The van der Waals surface area contributed by atoms with Gasteiger partial charge in [-0.25, -0.2) is 9.78 Å². The molecule has 1 N–H and O–H groups in total. The van der Waals surface area contributed by atoms with E-state index < -0.39 is 5.97 Å². The third-order valence-corrected chi connectivity index (χ3v) is 3.77. The maximum absolute atomic E-state index is 11.2. The van der Waals surface area contributed by atoms with Crippen molar-refractivity contribution in [2.75, 3.05) is 0 Å². The molecule has 0 bridgehead atoms. The lowest BCUT2D eigenvalue weighted by molar-refractivity contribution is 0.0696. The zero-order chi connectivity index (χ0) is 14.5. The van der Waals surface area contributed by atoms with Crippen molar-refractivity contribution in [3.05, 3.63) is 52.7 Å². The molecule has 1 heterocycles. The summed E-state index contributed by atoms with van der Waals surface area (Å²) in [6.07, 6.45) is 1.70. The second-order valence-corrected chi connectivity index (χ2v) is 5.83. The van der Waals surface area contributed by atoms with Crippen molar-refractivity contribution in [1.82, 2.24) is 4.98 Å². The Bertz CT molecular complexity index is 631. The molecule has 104 valence electrons. The van der Waals surface area contributed by atoms with Crippen molar-refractivity contribution in [1.29, 1.82) is 0 Å². The van der Waals surface area contributed by atoms with E-state index in [1.54, 1.807) is 18.2 Å². The summed E-state index contributed by atoms with van der Waals surface area (Å²) in [5.74, 6) is -0.933. The Hall–Kier alpha value is -1.52. The number of aromatic carboxylic acids is 1. The first kappa shape index (κ1) is 14.9. The summed E-state index contributed by atoms with van der Waals surface area (Å²) >= 11 is 7.36. The third kappa shape index (κ3) is 3.99. The SMILES string of the molecule is CCCc1cc(C(=O)O)cc(Sc2cccc(Cl)c2)n1. The van der Waals surface area contributed by atoms with Crippen molar-refractivity contribution in [2.45, 2.75) is 29.7 Å². The van der Waals surface area contributed by atoms with Gasteiger partial charge in [0.2, 0.25) is 0 Å². The summed E-state index contributed by atoms with van der Waals surface area (Å²) in [5.41, 5.74) is 1.07. The first-order valence-corrected chi connectivity index (χ1v) is 7.45. The summed E-state index contributed by atoms with van der Waals surface area (Å²) in [6, 6.07) is 10.6. The van der Waals surface area contributed by atoms with E-state index in [0.717, 1.165) is 23.4 Å². The van der Waals surface area contributed by atoms with E-state index in [1.165, 1.54) is 11.8 Å². The van der Waals surface area contributed by atoms with Gasteiger partial charge < -0.3 is 5.11 Å². The van der Waals surface area contributed by atoms with Crippen LogP contribution in [0.3, 0.4) is 0 Å². The number of hydrogen-bond acceptors (Lipinski definition) is 3. The van der Waals surface area contributed by atoms with Crippen LogP contribution in [0.15, 0.2) is 46.3 Å². The Morgan fingerprint density at radius 1 is 1.35 bits per heavy atom. The molecule has 0 fully saturated rings. The molecule has 2 aromatic rings. The van der Waals surface area contributed by atoms with Crippen LogP contribution < -0.4 is 0 Å². The fourth-order valence-corrected chi connectivity index (χ4v) is 2.95. The molecule has 0 saturated heterocycles. The van der Waals surface area contributed by atoms with E-state index in [4.69, 9.17) is 16.7 Å². The van der Waals surface area contributed by atoms with Gasteiger partial charge in [0, 0.05) is 15.6 Å². The predicted molar refractivity (Wildman–Crippen MR) is 80.8 cm³/mol. The molecular formula is C15H14ClNO2S. The van der Waals surface area contributed by atoms with Gasteiger partial charge in [-0.05, 0) is 36.8 Å². The summed E-state index contributed by atoms with van der Waals surface area (Å²) in [6.45, 7) is 2.04. The number of carbonyl (C=O) groups is 1. The number of pyridine rings is 1. The summed E-state index contributed by atoms with van der Waals surface area (Å²) in [4.78, 5) is 16.6. The minimum atomic E-state index is -0.933. The summed E-state index contributed by atoms with van der Waals surface area (Å²) in [5, 5.41) is 10.5. The molecular weight excluding hydrogens is 294 g/mol. The molecule has 1 aromatic carbocycles. The normalized spacial score (nSPS) is 10.5. The van der Waals surface area contributed by atoms with Crippen LogP contribution in [-0.4, -0.2) is 16.1 Å². The van der Waals surface area contributed by atoms with Gasteiger partial charge >= 0.3 is 5.97 Å². The highest BCUT2D eigenvalue weighted by atomic mass is 35.5. The maximum atomic E-state index is 11.2. The molecule has 0 aliphatic carbocycles. The van der Waals surface area contributed by atoms with Crippen LogP contribution in [0.2, 0.25) is 5.02 Å². The average Bonchev–Trinajstić information content (AvgIpc) is 2.38. The maximum Gasteiger partial charge on any atom is 0.335 e. The minimum absolute atomic E-state index is 0.271. The lowest BCUT2D eigenvalue weighted by atomic mass is 10.2. The van der Waals surface area contributed by atoms with Crippen LogP contribution in [-0.2, 0) is 6.42 Å². The standard InChI is InChI=1S/C15H14ClNO2S/c1-2-4-12-7-10(15(18)19)8-14(17-12)20-13-6-3-5-11(16)9-13/h3,5-9H,2,4H2,1H3,(H,18,19). The number of hydrogen-bond donors (Lipinski definition) is 1. The largest absolute Gasteiger partial charge is 0.478 e. The molecule has 0 unspecified atom stereocenters. The van der Waals surface area contributed by atoms with Crippen molar-refractivity contribution in [3.63, 3.8) is 0 Å². The highest BCUT2D eigenvalue weighted by Gasteiger charge is 2.09. The molecule has 0 atom stereocenters. The summed E-state index contributed by atoms with van der Waals surface area (Å²) in [7, 11) is 0. The lowest BCUT2D eigenvalue weighted by Gasteiger charge is -2.06. The number of carboxylic acid groups (broad SMARTS) is 1. The molecule has 0 aliphatic rings. The Morgan fingerprint density at radius 3 is 2.80 bits per heavy atom. The number of nitrogens with zero attached hydrogens (tertiary/aromatic N) is 1. The van der Waals surface area contributed by atoms with Gasteiger partial charge in [0.25, 0.3) is 0 Å². The van der Waals surface area contributed by atoms with E-state index in [2.05, 4.69) is 4.98 Å². The molecule has 0 spiro atoms. The van der Waals surface area contributed by atoms with Crippen LogP contribution >= 0.6 is 23.4 Å². The van der Waals surface area contributed by atoms with Crippen molar-refractivity contribution in [3.8, 4) is 0 Å². The van der Waals surface area contributed by atoms with Gasteiger partial charge in [-0.1, -0.05) is 42.8 Å². The van der Waals surface area contributed by atoms with Crippen LogP contribution in [0.5, 0.6) is 0 Å². The van der Waals surface area contributed by atoms with Crippen molar-refractivity contribution in [2.24, 2.45) is 0 Å². The van der Waals surface area contributed by atoms with Gasteiger partial charge in [0.05, 0.1) is 5.56 Å². The number of benzene rings is 1. The molecule has 1 aromatic heterocycles. The Balaban J connectivity index is 2.32. The molecule has 0 aliphatic heterocycles. The van der Waals surface area contributed by atoms with Gasteiger partial charge in [-0.3, -0.25) is 0 Å². The molecule has 2 rings (SSSR count). The van der Waals surface area contributed by atoms with Crippen LogP contribution in [0.25, 0.3) is 0 Å². The van der Waals surface area contributed by atoms with Gasteiger partial charge in [-0.2, -0.15) is 0 Å². The van der Waals surface area contributed by atoms with Crippen LogP contribution in [0, 0.1) is 0 Å². The first-order valence-electron chi connectivity index (χ1n) is 6.26. The van der Waals surface area contributed by atoms with Gasteiger partial charge in [0.15, 0.2) is 0 Å². The van der Waals surface area contributed by atoms with E-state index in [0.29, 0.717) is 10.0 Å². The van der Waals surface area contributed by atoms with E-state index in [1.807, 2.05) is 25.1 Å². The quantitative estimate of drug-likeness (QED) is 0.881. The topological polar surface area (TPSA) is 50.2 Å². The average molecular weight is 308 g/mol. The highest BCUT2D eigenvalue weighted by molar-refractivity contribution is 7.99. The fourth-order valence-electron chi connectivity index (χ4n) is 1.77. The Morgan fingerprint density at radius 2 is 2.15 bits per heavy atom. The third-order valence-electron chi connectivity index (χ3n) is 2.63. The van der Waals surface area contributed by atoms with E-state index in [-0.39, 0.29) is 5.56 Å². The van der Waals surface area contributed by atoms with Crippen LogP contribution in [0.4, 0.5) is 0 Å². The van der Waals surface area contributed by atoms with Gasteiger partial charge in [-0.15, -0.1) is 0 Å². The zero-order valence-corrected chi connectivity index (χ0v) is 12.5. The molecule has 0 amide bonds. The summed E-state index contributed by atoms with van der Waals surface area (Å²) < 4.78 is 0. The zero-order valence-electron chi connectivity index (χ0n) is 11.0. The second kappa shape index (κ2) is 6.77. The van der Waals surface area contributed by atoms with Crippen molar-refractivity contribution >= 4 is 29.3 Å². The number of rotatable bonds is 5. The number of aryl methyl sites for hydroxylation is 1. The Labute approximate surface area is 127 Å².